The Morgan fingerprint density at radius 3 is 2.70 bits per heavy atom. The van der Waals surface area contributed by atoms with E-state index in [2.05, 4.69) is 35.6 Å². The zero-order valence-electron chi connectivity index (χ0n) is 6.31. The highest BCUT2D eigenvalue weighted by molar-refractivity contribution is 14.1. The average molecular weight is 248 g/mol. The van der Waals surface area contributed by atoms with E-state index in [9.17, 15) is 0 Å². The second-order valence-corrected chi connectivity index (χ2v) is 5.13. The third kappa shape index (κ3) is 0.936. The van der Waals surface area contributed by atoms with Gasteiger partial charge in [-0.15, -0.1) is 0 Å². The van der Waals surface area contributed by atoms with Gasteiger partial charge in [-0.3, -0.25) is 0 Å². The van der Waals surface area contributed by atoms with Gasteiger partial charge in [0.15, 0.2) is 0 Å². The molecule has 2 aliphatic rings. The predicted molar refractivity (Wildman–Crippen MR) is 52.4 cm³/mol. The molecule has 3 unspecified atom stereocenters. The summed E-state index contributed by atoms with van der Waals surface area (Å²) < 4.78 is 0.961. The molecule has 0 aromatic heterocycles. The minimum Gasteiger partial charge on any atom is -0.0881 e. The maximum atomic E-state index is 2.62. The van der Waals surface area contributed by atoms with E-state index in [4.69, 9.17) is 0 Å². The minimum absolute atomic E-state index is 0.961. The van der Waals surface area contributed by atoms with Crippen LogP contribution in [0.4, 0.5) is 0 Å². The van der Waals surface area contributed by atoms with Crippen molar-refractivity contribution in [2.75, 3.05) is 0 Å². The first kappa shape index (κ1) is 7.14. The maximum Gasteiger partial charge on any atom is 0.0178 e. The lowest BCUT2D eigenvalue weighted by Crippen LogP contribution is -2.11. The van der Waals surface area contributed by atoms with E-state index in [1.54, 1.807) is 5.57 Å². The van der Waals surface area contributed by atoms with Crippen LogP contribution in [0.5, 0.6) is 0 Å². The second-order valence-electron chi connectivity index (χ2n) is 3.53. The molecule has 3 atom stereocenters. The van der Waals surface area contributed by atoms with E-state index in [0.717, 1.165) is 15.8 Å². The second kappa shape index (κ2) is 2.50. The van der Waals surface area contributed by atoms with Gasteiger partial charge in [0.1, 0.15) is 0 Å². The smallest absolute Gasteiger partial charge is 0.0178 e. The summed E-state index contributed by atoms with van der Waals surface area (Å²) in [5, 5.41) is 0. The number of allylic oxidation sites excluding steroid dienone is 2. The highest BCUT2D eigenvalue weighted by atomic mass is 127. The lowest BCUT2D eigenvalue weighted by molar-refractivity contribution is 0.576. The van der Waals surface area contributed by atoms with Gasteiger partial charge < -0.3 is 0 Å². The summed E-state index contributed by atoms with van der Waals surface area (Å²) in [6.45, 7) is 2.19. The number of rotatable bonds is 0. The average Bonchev–Trinajstić information content (AvgIpc) is 2.44. The van der Waals surface area contributed by atoms with E-state index in [-0.39, 0.29) is 0 Å². The quantitative estimate of drug-likeness (QED) is 0.351. The highest BCUT2D eigenvalue weighted by Gasteiger charge is 2.40. The van der Waals surface area contributed by atoms with Crippen LogP contribution in [0, 0.1) is 11.8 Å². The van der Waals surface area contributed by atoms with Crippen LogP contribution in [0.3, 0.4) is 0 Å². The van der Waals surface area contributed by atoms with Gasteiger partial charge in [0.25, 0.3) is 0 Å². The standard InChI is InChI=1S/C9H13I/c1-2-7-3-6-4-8(7)9(10)5-6/h2,6,8-9H,3-5H2,1H3/b7-2+. The zero-order chi connectivity index (χ0) is 7.14. The van der Waals surface area contributed by atoms with Crippen molar-refractivity contribution < 1.29 is 0 Å². The van der Waals surface area contributed by atoms with Gasteiger partial charge in [0.2, 0.25) is 0 Å². The van der Waals surface area contributed by atoms with Crippen LogP contribution < -0.4 is 0 Å². The maximum absolute atomic E-state index is 2.62. The molecule has 0 aromatic rings. The first-order valence-corrected chi connectivity index (χ1v) is 5.35. The molecule has 0 aromatic carbocycles. The van der Waals surface area contributed by atoms with Gasteiger partial charge in [-0.2, -0.15) is 0 Å². The van der Waals surface area contributed by atoms with Crippen molar-refractivity contribution in [3.63, 3.8) is 0 Å². The molecule has 0 spiro atoms. The van der Waals surface area contributed by atoms with Gasteiger partial charge in [-0.25, -0.2) is 0 Å². The van der Waals surface area contributed by atoms with Crippen molar-refractivity contribution >= 4 is 22.6 Å². The molecule has 0 saturated heterocycles. The lowest BCUT2D eigenvalue weighted by Gasteiger charge is -2.18. The fourth-order valence-corrected chi connectivity index (χ4v) is 3.93. The van der Waals surface area contributed by atoms with Crippen LogP contribution in [0.25, 0.3) is 0 Å². The molecule has 0 aliphatic heterocycles. The summed E-state index contributed by atoms with van der Waals surface area (Å²) in [5.41, 5.74) is 1.75. The van der Waals surface area contributed by atoms with E-state index in [1.165, 1.54) is 19.3 Å². The molecule has 0 N–H and O–H groups in total. The van der Waals surface area contributed by atoms with E-state index in [1.807, 2.05) is 0 Å². The Morgan fingerprint density at radius 1 is 1.50 bits per heavy atom. The topological polar surface area (TPSA) is 0 Å². The molecule has 2 fully saturated rings. The van der Waals surface area contributed by atoms with Crippen LogP contribution in [-0.2, 0) is 0 Å². The largest absolute Gasteiger partial charge is 0.0881 e. The van der Waals surface area contributed by atoms with Crippen molar-refractivity contribution in [2.24, 2.45) is 11.8 Å². The Kier molecular flexibility index (Phi) is 1.79. The fourth-order valence-electron chi connectivity index (χ4n) is 2.45. The summed E-state index contributed by atoms with van der Waals surface area (Å²) in [6, 6.07) is 0. The molecule has 0 amide bonds. The van der Waals surface area contributed by atoms with Crippen LogP contribution >= 0.6 is 22.6 Å². The Balaban J connectivity index is 2.20. The fraction of sp³-hybridized carbons (Fsp3) is 0.778. The molecule has 0 heterocycles. The van der Waals surface area contributed by atoms with Gasteiger partial charge in [-0.1, -0.05) is 34.2 Å². The number of alkyl halides is 1. The van der Waals surface area contributed by atoms with E-state index >= 15 is 0 Å². The Morgan fingerprint density at radius 2 is 2.30 bits per heavy atom. The normalized spacial score (nSPS) is 49.0. The highest BCUT2D eigenvalue weighted by Crippen LogP contribution is 2.50. The third-order valence-corrected chi connectivity index (χ3v) is 4.33. The Labute approximate surface area is 76.2 Å². The molecular weight excluding hydrogens is 235 g/mol. The third-order valence-electron chi connectivity index (χ3n) is 2.95. The van der Waals surface area contributed by atoms with Crippen LogP contribution in [-0.4, -0.2) is 3.92 Å². The monoisotopic (exact) mass is 248 g/mol. The SMILES string of the molecule is C/C=C1\CC2CC(I)C1C2. The Bertz CT molecular complexity index is 172. The molecule has 2 aliphatic carbocycles. The molecule has 2 saturated carbocycles. The van der Waals surface area contributed by atoms with Gasteiger partial charge in [0, 0.05) is 3.92 Å². The number of halogens is 1. The minimum atomic E-state index is 0.961. The Hall–Kier alpha value is 0.470. The van der Waals surface area contributed by atoms with Gasteiger partial charge in [-0.05, 0) is 38.0 Å². The lowest BCUT2D eigenvalue weighted by atomic mass is 9.95. The summed E-state index contributed by atoms with van der Waals surface area (Å²) in [6.07, 6.45) is 6.74. The first-order chi connectivity index (χ1) is 4.81. The van der Waals surface area contributed by atoms with E-state index < -0.39 is 0 Å². The number of hydrogen-bond donors (Lipinski definition) is 0. The van der Waals surface area contributed by atoms with Crippen molar-refractivity contribution in [1.82, 2.24) is 0 Å². The molecule has 56 valence electrons. The molecule has 1 heteroatoms. The molecule has 0 nitrogen and oxygen atoms in total. The van der Waals surface area contributed by atoms with Crippen molar-refractivity contribution in [3.05, 3.63) is 11.6 Å². The summed E-state index contributed by atoms with van der Waals surface area (Å²) in [4.78, 5) is 0. The van der Waals surface area contributed by atoms with Gasteiger partial charge in [0.05, 0.1) is 0 Å². The van der Waals surface area contributed by atoms with Gasteiger partial charge >= 0.3 is 0 Å². The predicted octanol–water partition coefficient (Wildman–Crippen LogP) is 3.17. The van der Waals surface area contributed by atoms with Crippen LogP contribution in [0.15, 0.2) is 11.6 Å². The molecule has 2 rings (SSSR count). The van der Waals surface area contributed by atoms with Crippen molar-refractivity contribution in [1.29, 1.82) is 0 Å². The number of fused-ring (bicyclic) bond motifs is 2. The molecule has 10 heavy (non-hydrogen) atoms. The number of hydrogen-bond acceptors (Lipinski definition) is 0. The molecule has 0 radical (unpaired) electrons. The molecule has 2 bridgehead atoms. The zero-order valence-corrected chi connectivity index (χ0v) is 8.47. The van der Waals surface area contributed by atoms with Crippen molar-refractivity contribution in [2.45, 2.75) is 30.1 Å². The van der Waals surface area contributed by atoms with E-state index in [0.29, 0.717) is 0 Å². The first-order valence-electron chi connectivity index (χ1n) is 4.10. The van der Waals surface area contributed by atoms with Crippen LogP contribution in [0.2, 0.25) is 0 Å². The summed E-state index contributed by atoms with van der Waals surface area (Å²) in [5.74, 6) is 2.02. The van der Waals surface area contributed by atoms with Crippen molar-refractivity contribution in [3.8, 4) is 0 Å². The molecular formula is C9H13I. The summed E-state index contributed by atoms with van der Waals surface area (Å²) in [7, 11) is 0. The van der Waals surface area contributed by atoms with Crippen LogP contribution in [0.1, 0.15) is 26.2 Å². The summed E-state index contributed by atoms with van der Waals surface area (Å²) >= 11 is 2.62.